The Morgan fingerprint density at radius 3 is 3.09 bits per heavy atom. The molecule has 3 nitrogen and oxygen atoms in total. The number of para-hydroxylation sites is 2. The molecule has 56 valence electrons. The minimum atomic E-state index is 0.842. The number of hydrogen-bond acceptors (Lipinski definition) is 2. The van der Waals surface area contributed by atoms with E-state index in [0.29, 0.717) is 0 Å². The van der Waals surface area contributed by atoms with E-state index in [0.717, 1.165) is 17.6 Å². The van der Waals surface area contributed by atoms with Gasteiger partial charge in [0.15, 0.2) is 11.8 Å². The Kier molecular flexibility index (Phi) is 1.35. The summed E-state index contributed by atoms with van der Waals surface area (Å²) in [5.41, 5.74) is 1.89. The van der Waals surface area contributed by atoms with Gasteiger partial charge >= 0.3 is 0 Å². The first kappa shape index (κ1) is 6.34. The maximum absolute atomic E-state index is 5.05. The number of hydrogen-bond donors (Lipinski definition) is 0. The van der Waals surface area contributed by atoms with E-state index in [1.807, 2.05) is 35.9 Å². The Morgan fingerprint density at radius 1 is 1.45 bits per heavy atom. The summed E-state index contributed by atoms with van der Waals surface area (Å²) in [6.45, 7) is 2.88. The van der Waals surface area contributed by atoms with E-state index in [9.17, 15) is 0 Å². The van der Waals surface area contributed by atoms with Gasteiger partial charge < -0.3 is 4.52 Å². The van der Waals surface area contributed by atoms with Crippen molar-refractivity contribution in [3.8, 4) is 0 Å². The highest BCUT2D eigenvalue weighted by Gasteiger charge is 2.11. The third-order valence-corrected chi connectivity index (χ3v) is 1.68. The van der Waals surface area contributed by atoms with Crippen LogP contribution in [0.5, 0.6) is 0 Å². The van der Waals surface area contributed by atoms with Gasteiger partial charge in [0.25, 0.3) is 5.52 Å². The van der Waals surface area contributed by atoms with Crippen molar-refractivity contribution in [2.75, 3.05) is 0 Å². The molecule has 0 amide bonds. The van der Waals surface area contributed by atoms with Gasteiger partial charge in [0.1, 0.15) is 0 Å². The van der Waals surface area contributed by atoms with Gasteiger partial charge in [-0.2, -0.15) is 0 Å². The summed E-state index contributed by atoms with van der Waals surface area (Å²) < 4.78 is 6.88. The molecule has 0 atom stereocenters. The molecule has 0 fully saturated rings. The van der Waals surface area contributed by atoms with Crippen LogP contribution < -0.4 is 4.68 Å². The predicted octanol–water partition coefficient (Wildman–Crippen LogP) is 1.14. The summed E-state index contributed by atoms with van der Waals surface area (Å²) in [5.74, 6) is 0. The number of rotatable bonds is 1. The molecule has 1 aromatic heterocycles. The fraction of sp³-hybridized carbons (Fsp3) is 0.250. The van der Waals surface area contributed by atoms with E-state index in [2.05, 4.69) is 5.27 Å². The van der Waals surface area contributed by atoms with E-state index >= 15 is 0 Å². The molecule has 0 radical (unpaired) electrons. The third kappa shape index (κ3) is 0.888. The van der Waals surface area contributed by atoms with Gasteiger partial charge in [0.05, 0.1) is 0 Å². The zero-order valence-electron chi connectivity index (χ0n) is 6.32. The van der Waals surface area contributed by atoms with Crippen LogP contribution >= 0.6 is 0 Å². The normalized spacial score (nSPS) is 10.6. The highest BCUT2D eigenvalue weighted by Crippen LogP contribution is 2.06. The number of aromatic nitrogens is 2. The molecule has 0 unspecified atom stereocenters. The van der Waals surface area contributed by atoms with E-state index in [1.165, 1.54) is 0 Å². The van der Waals surface area contributed by atoms with E-state index in [-0.39, 0.29) is 0 Å². The molecule has 1 heterocycles. The predicted molar refractivity (Wildman–Crippen MR) is 39.9 cm³/mol. The van der Waals surface area contributed by atoms with Crippen LogP contribution in [0, 0.1) is 0 Å². The molecule has 2 aromatic rings. The SMILES string of the molecule is CC[n+]1noc2ccccc21. The molecule has 0 aliphatic carbocycles. The number of aryl methyl sites for hydroxylation is 1. The van der Waals surface area contributed by atoms with Crippen molar-refractivity contribution in [1.29, 1.82) is 0 Å². The zero-order valence-corrected chi connectivity index (χ0v) is 6.32. The van der Waals surface area contributed by atoms with E-state index < -0.39 is 0 Å². The highest BCUT2D eigenvalue weighted by molar-refractivity contribution is 5.67. The summed E-state index contributed by atoms with van der Waals surface area (Å²) in [4.78, 5) is 0. The summed E-state index contributed by atoms with van der Waals surface area (Å²) in [6.07, 6.45) is 0. The average Bonchev–Trinajstić information content (AvgIpc) is 2.47. The minimum Gasteiger partial charge on any atom is -0.300 e. The van der Waals surface area contributed by atoms with Crippen LogP contribution in [0.2, 0.25) is 0 Å². The second-order valence-electron chi connectivity index (χ2n) is 2.36. The van der Waals surface area contributed by atoms with E-state index in [1.54, 1.807) is 0 Å². The summed E-state index contributed by atoms with van der Waals surface area (Å²) in [7, 11) is 0. The first-order chi connectivity index (χ1) is 5.42. The second kappa shape index (κ2) is 2.34. The van der Waals surface area contributed by atoms with Crippen LogP contribution in [0.15, 0.2) is 28.8 Å². The van der Waals surface area contributed by atoms with Gasteiger partial charge in [0.2, 0.25) is 5.58 Å². The zero-order chi connectivity index (χ0) is 7.68. The first-order valence-electron chi connectivity index (χ1n) is 3.66. The molecular formula is C8H9N2O+. The van der Waals surface area contributed by atoms with Crippen LogP contribution in [0.25, 0.3) is 11.1 Å². The number of benzene rings is 1. The molecule has 0 aliphatic heterocycles. The van der Waals surface area contributed by atoms with Gasteiger partial charge in [-0.15, -0.1) is 0 Å². The van der Waals surface area contributed by atoms with Crippen LogP contribution in [0.1, 0.15) is 6.92 Å². The van der Waals surface area contributed by atoms with Crippen LogP contribution in [-0.4, -0.2) is 5.27 Å². The molecule has 0 saturated heterocycles. The smallest absolute Gasteiger partial charge is 0.280 e. The van der Waals surface area contributed by atoms with Crippen molar-refractivity contribution in [3.63, 3.8) is 0 Å². The van der Waals surface area contributed by atoms with Gasteiger partial charge in [-0.25, -0.2) is 0 Å². The molecule has 0 spiro atoms. The topological polar surface area (TPSA) is 29.9 Å². The third-order valence-electron chi connectivity index (χ3n) is 1.68. The quantitative estimate of drug-likeness (QED) is 0.569. The highest BCUT2D eigenvalue weighted by atomic mass is 16.5. The van der Waals surface area contributed by atoms with Crippen molar-refractivity contribution < 1.29 is 9.20 Å². The molecule has 0 N–H and O–H groups in total. The van der Waals surface area contributed by atoms with Crippen molar-refractivity contribution in [1.82, 2.24) is 5.27 Å². The van der Waals surface area contributed by atoms with E-state index in [4.69, 9.17) is 4.52 Å². The fourth-order valence-electron chi connectivity index (χ4n) is 1.11. The van der Waals surface area contributed by atoms with Crippen molar-refractivity contribution in [2.45, 2.75) is 13.5 Å². The minimum absolute atomic E-state index is 0.842. The van der Waals surface area contributed by atoms with Gasteiger partial charge in [-0.3, -0.25) is 0 Å². The lowest BCUT2D eigenvalue weighted by Crippen LogP contribution is -2.33. The maximum Gasteiger partial charge on any atom is 0.280 e. The molecule has 2 rings (SSSR count). The summed E-state index contributed by atoms with van der Waals surface area (Å²) in [6, 6.07) is 7.82. The number of nitrogens with zero attached hydrogens (tertiary/aromatic N) is 2. The molecule has 0 bridgehead atoms. The lowest BCUT2D eigenvalue weighted by Gasteiger charge is -1.79. The Labute approximate surface area is 64.2 Å². The molecule has 11 heavy (non-hydrogen) atoms. The van der Waals surface area contributed by atoms with Crippen LogP contribution in [-0.2, 0) is 6.54 Å². The van der Waals surface area contributed by atoms with Gasteiger partial charge in [-0.05, 0) is 17.7 Å². The Morgan fingerprint density at radius 2 is 2.27 bits per heavy atom. The van der Waals surface area contributed by atoms with Crippen LogP contribution in [0.3, 0.4) is 0 Å². The van der Waals surface area contributed by atoms with Gasteiger partial charge in [-0.1, -0.05) is 12.1 Å². The Balaban J connectivity index is 2.76. The average molecular weight is 149 g/mol. The molecular weight excluding hydrogens is 140 g/mol. The maximum atomic E-state index is 5.05. The molecule has 3 heteroatoms. The Bertz CT molecular complexity index is 367. The molecule has 1 aromatic carbocycles. The lowest BCUT2D eigenvalue weighted by atomic mass is 10.3. The van der Waals surface area contributed by atoms with Crippen molar-refractivity contribution >= 4 is 11.1 Å². The van der Waals surface area contributed by atoms with Crippen LogP contribution in [0.4, 0.5) is 0 Å². The molecule has 0 aliphatic rings. The largest absolute Gasteiger partial charge is 0.300 e. The Hall–Kier alpha value is -1.38. The standard InChI is InChI=1S/C8H9N2O/c1-2-10-7-5-3-4-6-8(7)11-9-10/h3-6H,2H2,1H3/q+1. The summed E-state index contributed by atoms with van der Waals surface area (Å²) >= 11 is 0. The monoisotopic (exact) mass is 149 g/mol. The van der Waals surface area contributed by atoms with Crippen molar-refractivity contribution in [3.05, 3.63) is 24.3 Å². The van der Waals surface area contributed by atoms with Crippen molar-refractivity contribution in [2.24, 2.45) is 0 Å². The lowest BCUT2D eigenvalue weighted by molar-refractivity contribution is -0.737. The number of fused-ring (bicyclic) bond motifs is 1. The second-order valence-corrected chi connectivity index (χ2v) is 2.36. The first-order valence-corrected chi connectivity index (χ1v) is 3.66. The summed E-state index contributed by atoms with van der Waals surface area (Å²) in [5, 5.41) is 3.86. The molecule has 0 saturated carbocycles. The van der Waals surface area contributed by atoms with Gasteiger partial charge in [0, 0.05) is 6.07 Å². The fourth-order valence-corrected chi connectivity index (χ4v) is 1.11.